The Labute approximate surface area is 130 Å². The van der Waals surface area contributed by atoms with Crippen molar-refractivity contribution >= 4 is 0 Å². The molecule has 110 valence electrons. The fourth-order valence-electron chi connectivity index (χ4n) is 2.26. The van der Waals surface area contributed by atoms with E-state index in [4.69, 9.17) is 9.47 Å². The molecule has 4 nitrogen and oxygen atoms in total. The quantitative estimate of drug-likeness (QED) is 0.848. The van der Waals surface area contributed by atoms with Crippen LogP contribution in [0.3, 0.4) is 0 Å². The van der Waals surface area contributed by atoms with Crippen LogP contribution in [0.2, 0.25) is 0 Å². The summed E-state index contributed by atoms with van der Waals surface area (Å²) >= 11 is 0. The largest absolute Gasteiger partial charge is 0.497 e. The first kappa shape index (κ1) is 15.4. The lowest BCUT2D eigenvalue weighted by Gasteiger charge is -2.19. The van der Waals surface area contributed by atoms with E-state index in [1.54, 1.807) is 38.5 Å². The van der Waals surface area contributed by atoms with Crippen LogP contribution in [-0.4, -0.2) is 14.2 Å². The number of benzene rings is 2. The van der Waals surface area contributed by atoms with Crippen LogP contribution in [0.1, 0.15) is 11.1 Å². The van der Waals surface area contributed by atoms with E-state index >= 15 is 0 Å². The molecule has 0 aliphatic rings. The highest BCUT2D eigenvalue weighted by atomic mass is 16.5. The van der Waals surface area contributed by atoms with Crippen LogP contribution in [0.25, 0.3) is 0 Å². The Morgan fingerprint density at radius 1 is 0.818 bits per heavy atom. The first-order valence-electron chi connectivity index (χ1n) is 6.77. The van der Waals surface area contributed by atoms with Crippen LogP contribution >= 0.6 is 0 Å². The molecular weight excluding hydrogens is 276 g/mol. The van der Waals surface area contributed by atoms with E-state index in [9.17, 15) is 10.5 Å². The molecule has 0 aromatic heterocycles. The van der Waals surface area contributed by atoms with Crippen molar-refractivity contribution in [3.8, 4) is 23.6 Å². The Bertz CT molecular complexity index is 693. The van der Waals surface area contributed by atoms with Gasteiger partial charge in [-0.1, -0.05) is 24.3 Å². The van der Waals surface area contributed by atoms with E-state index < -0.39 is 5.41 Å². The number of hydrogen-bond acceptors (Lipinski definition) is 4. The highest BCUT2D eigenvalue weighted by Gasteiger charge is 2.33. The van der Waals surface area contributed by atoms with Crippen molar-refractivity contribution in [3.05, 3.63) is 59.7 Å². The standard InChI is InChI=1S/C18H16N2O2/c1-21-16-7-3-14(4-8-16)11-18(12-19,13-20)15-5-9-17(22-2)10-6-15/h3-10H,11H2,1-2H3. The van der Waals surface area contributed by atoms with E-state index in [0.29, 0.717) is 17.7 Å². The topological polar surface area (TPSA) is 66.0 Å². The highest BCUT2D eigenvalue weighted by Crippen LogP contribution is 2.29. The van der Waals surface area contributed by atoms with Gasteiger partial charge < -0.3 is 9.47 Å². The summed E-state index contributed by atoms with van der Waals surface area (Å²) in [5.74, 6) is 1.44. The summed E-state index contributed by atoms with van der Waals surface area (Å²) in [5, 5.41) is 19.2. The number of rotatable bonds is 5. The number of methoxy groups -OCH3 is 2. The van der Waals surface area contributed by atoms with Gasteiger partial charge in [0.15, 0.2) is 5.41 Å². The summed E-state index contributed by atoms with van der Waals surface area (Å²) in [7, 11) is 3.18. The van der Waals surface area contributed by atoms with Gasteiger partial charge in [0.2, 0.25) is 0 Å². The first-order valence-corrected chi connectivity index (χ1v) is 6.77. The molecular formula is C18H16N2O2. The van der Waals surface area contributed by atoms with Crippen molar-refractivity contribution in [2.45, 2.75) is 11.8 Å². The third-order valence-electron chi connectivity index (χ3n) is 3.59. The van der Waals surface area contributed by atoms with Crippen LogP contribution < -0.4 is 9.47 Å². The van der Waals surface area contributed by atoms with Crippen molar-refractivity contribution in [3.63, 3.8) is 0 Å². The molecule has 0 atom stereocenters. The predicted octanol–water partition coefficient (Wildman–Crippen LogP) is 3.23. The van der Waals surface area contributed by atoms with Crippen LogP contribution in [-0.2, 0) is 11.8 Å². The molecule has 0 spiro atoms. The number of nitriles is 2. The molecule has 2 aromatic carbocycles. The summed E-state index contributed by atoms with van der Waals surface area (Å²) < 4.78 is 10.2. The van der Waals surface area contributed by atoms with Gasteiger partial charge in [0.05, 0.1) is 26.4 Å². The maximum atomic E-state index is 9.59. The van der Waals surface area contributed by atoms with Gasteiger partial charge in [-0.25, -0.2) is 0 Å². The zero-order valence-electron chi connectivity index (χ0n) is 12.5. The number of ether oxygens (including phenoxy) is 2. The first-order chi connectivity index (χ1) is 10.7. The molecule has 0 saturated carbocycles. The van der Waals surface area contributed by atoms with Crippen molar-refractivity contribution in [1.82, 2.24) is 0 Å². The third-order valence-corrected chi connectivity index (χ3v) is 3.59. The van der Waals surface area contributed by atoms with Crippen molar-refractivity contribution in [1.29, 1.82) is 10.5 Å². The lowest BCUT2D eigenvalue weighted by atomic mass is 9.78. The fourth-order valence-corrected chi connectivity index (χ4v) is 2.26. The van der Waals surface area contributed by atoms with Gasteiger partial charge in [-0.15, -0.1) is 0 Å². The second kappa shape index (κ2) is 6.65. The Morgan fingerprint density at radius 3 is 1.68 bits per heavy atom. The van der Waals surface area contributed by atoms with E-state index in [2.05, 4.69) is 12.1 Å². The SMILES string of the molecule is COc1ccc(CC(C#N)(C#N)c2ccc(OC)cc2)cc1. The smallest absolute Gasteiger partial charge is 0.172 e. The lowest BCUT2D eigenvalue weighted by molar-refractivity contribution is 0.414. The Balaban J connectivity index is 2.35. The van der Waals surface area contributed by atoms with Crippen LogP contribution in [0, 0.1) is 22.7 Å². The molecule has 0 unspecified atom stereocenters. The van der Waals surface area contributed by atoms with Gasteiger partial charge in [-0.3, -0.25) is 0 Å². The van der Waals surface area contributed by atoms with Crippen molar-refractivity contribution < 1.29 is 9.47 Å². The fraction of sp³-hybridized carbons (Fsp3) is 0.222. The summed E-state index contributed by atoms with van der Waals surface area (Å²) in [6.07, 6.45) is 0.316. The van der Waals surface area contributed by atoms with E-state index in [1.165, 1.54) is 0 Å². The summed E-state index contributed by atoms with van der Waals surface area (Å²) in [4.78, 5) is 0. The molecule has 0 amide bonds. The molecule has 2 rings (SSSR count). The molecule has 0 bridgehead atoms. The Morgan fingerprint density at radius 2 is 1.27 bits per heavy atom. The zero-order valence-corrected chi connectivity index (χ0v) is 12.5. The molecule has 0 radical (unpaired) electrons. The van der Waals surface area contributed by atoms with Crippen molar-refractivity contribution in [2.24, 2.45) is 0 Å². The van der Waals surface area contributed by atoms with Crippen LogP contribution in [0.5, 0.6) is 11.5 Å². The summed E-state index contributed by atoms with van der Waals surface area (Å²) in [6, 6.07) is 18.7. The van der Waals surface area contributed by atoms with Crippen LogP contribution in [0.15, 0.2) is 48.5 Å². The van der Waals surface area contributed by atoms with Crippen molar-refractivity contribution in [2.75, 3.05) is 14.2 Å². The average molecular weight is 292 g/mol. The minimum atomic E-state index is -1.22. The molecule has 0 aliphatic carbocycles. The molecule has 0 saturated heterocycles. The summed E-state index contributed by atoms with van der Waals surface area (Å²) in [6.45, 7) is 0. The Hall–Kier alpha value is -2.98. The maximum Gasteiger partial charge on any atom is 0.172 e. The molecule has 0 fully saturated rings. The number of nitrogens with zero attached hydrogens (tertiary/aromatic N) is 2. The highest BCUT2D eigenvalue weighted by molar-refractivity contribution is 5.45. The second-order valence-electron chi connectivity index (χ2n) is 4.88. The van der Waals surface area contributed by atoms with E-state index in [0.717, 1.165) is 11.3 Å². The minimum Gasteiger partial charge on any atom is -0.497 e. The van der Waals surface area contributed by atoms with Gasteiger partial charge in [0.25, 0.3) is 0 Å². The molecule has 4 heteroatoms. The van der Waals surface area contributed by atoms with E-state index in [-0.39, 0.29) is 0 Å². The second-order valence-corrected chi connectivity index (χ2v) is 4.88. The lowest BCUT2D eigenvalue weighted by Crippen LogP contribution is -2.25. The number of hydrogen-bond donors (Lipinski definition) is 0. The molecule has 22 heavy (non-hydrogen) atoms. The monoisotopic (exact) mass is 292 g/mol. The molecule has 0 N–H and O–H groups in total. The summed E-state index contributed by atoms with van der Waals surface area (Å²) in [5.41, 5.74) is 0.342. The van der Waals surface area contributed by atoms with Gasteiger partial charge in [0.1, 0.15) is 11.5 Å². The van der Waals surface area contributed by atoms with E-state index in [1.807, 2.05) is 24.3 Å². The average Bonchev–Trinajstić information content (AvgIpc) is 2.60. The maximum absolute atomic E-state index is 9.59. The molecule has 0 aliphatic heterocycles. The predicted molar refractivity (Wildman–Crippen MR) is 82.6 cm³/mol. The molecule has 2 aromatic rings. The van der Waals surface area contributed by atoms with Gasteiger partial charge in [-0.05, 0) is 35.4 Å². The molecule has 0 heterocycles. The van der Waals surface area contributed by atoms with Crippen LogP contribution in [0.4, 0.5) is 0 Å². The Kier molecular flexibility index (Phi) is 4.66. The normalized spacial score (nSPS) is 10.4. The van der Waals surface area contributed by atoms with Gasteiger partial charge in [0, 0.05) is 6.42 Å². The van der Waals surface area contributed by atoms with Gasteiger partial charge in [-0.2, -0.15) is 10.5 Å². The third kappa shape index (κ3) is 3.02. The zero-order chi connectivity index (χ0) is 16.0. The van der Waals surface area contributed by atoms with Gasteiger partial charge >= 0.3 is 0 Å². The minimum absolute atomic E-state index is 0.316.